The summed E-state index contributed by atoms with van der Waals surface area (Å²) in [5.74, 6) is 9.48. The van der Waals surface area contributed by atoms with Gasteiger partial charge in [-0.05, 0) is 54.8 Å². The Morgan fingerprint density at radius 3 is 2.71 bits per heavy atom. The van der Waals surface area contributed by atoms with E-state index in [9.17, 15) is 4.21 Å². The Kier molecular flexibility index (Phi) is 7.57. The van der Waals surface area contributed by atoms with Crippen molar-refractivity contribution in [1.82, 2.24) is 9.97 Å². The quantitative estimate of drug-likeness (QED) is 0.146. The number of aromatic nitrogens is 2. The molecule has 0 atom stereocenters. The van der Waals surface area contributed by atoms with E-state index < -0.39 is 10.6 Å². The molecule has 196 valence electrons. The lowest BCUT2D eigenvalue weighted by Gasteiger charge is -2.20. The van der Waals surface area contributed by atoms with E-state index in [-0.39, 0.29) is 12.7 Å². The van der Waals surface area contributed by atoms with E-state index >= 15 is 0 Å². The second kappa shape index (κ2) is 11.4. The van der Waals surface area contributed by atoms with E-state index in [1.165, 1.54) is 5.01 Å². The molecule has 0 aliphatic carbocycles. The van der Waals surface area contributed by atoms with Crippen molar-refractivity contribution in [2.75, 3.05) is 30.3 Å². The third-order valence-corrected chi connectivity index (χ3v) is 6.60. The SMILES string of the molecule is CCOc1ccc(-c2cnc(N(N)c3cccc([S-](=N)=O)c3)nc2NCCc2ccc3c(c2)OCO3)cc1. The number of nitrogens with zero attached hydrogens (tertiary/aromatic N) is 3. The van der Waals surface area contributed by atoms with Gasteiger partial charge < -0.3 is 28.5 Å². The number of fused-ring (bicyclic) bond motifs is 1. The Morgan fingerprint density at radius 2 is 1.92 bits per heavy atom. The minimum Gasteiger partial charge on any atom is -0.494 e. The van der Waals surface area contributed by atoms with Crippen molar-refractivity contribution in [3.05, 3.63) is 78.5 Å². The van der Waals surface area contributed by atoms with Gasteiger partial charge in [-0.1, -0.05) is 41.3 Å². The first-order chi connectivity index (χ1) is 18.5. The molecule has 0 radical (unpaired) electrons. The number of ether oxygens (including phenoxy) is 3. The minimum absolute atomic E-state index is 0.238. The summed E-state index contributed by atoms with van der Waals surface area (Å²) < 4.78 is 35.6. The van der Waals surface area contributed by atoms with Crippen LogP contribution in [0.3, 0.4) is 0 Å². The Labute approximate surface area is 222 Å². The van der Waals surface area contributed by atoms with Crippen LogP contribution < -0.4 is 30.4 Å². The molecular weight excluding hydrogens is 504 g/mol. The molecule has 4 aromatic rings. The van der Waals surface area contributed by atoms with Gasteiger partial charge in [0, 0.05) is 18.3 Å². The zero-order chi connectivity index (χ0) is 26.5. The van der Waals surface area contributed by atoms with Crippen molar-refractivity contribution in [1.29, 1.82) is 4.78 Å². The number of hydrogen-bond acceptors (Lipinski definition) is 11. The number of anilines is 3. The van der Waals surface area contributed by atoms with Crippen LogP contribution in [0.25, 0.3) is 11.1 Å². The molecule has 0 amide bonds. The van der Waals surface area contributed by atoms with Gasteiger partial charge in [-0.2, -0.15) is 15.6 Å². The van der Waals surface area contributed by atoms with Crippen molar-refractivity contribution in [2.24, 2.45) is 5.84 Å². The van der Waals surface area contributed by atoms with Crippen LogP contribution in [0.5, 0.6) is 17.2 Å². The van der Waals surface area contributed by atoms with Crippen LogP contribution >= 0.6 is 0 Å². The second-order valence-corrected chi connectivity index (χ2v) is 9.40. The fourth-order valence-electron chi connectivity index (χ4n) is 4.02. The maximum absolute atomic E-state index is 11.6. The third-order valence-electron chi connectivity index (χ3n) is 5.92. The lowest BCUT2D eigenvalue weighted by molar-refractivity contribution is 0.174. The van der Waals surface area contributed by atoms with Gasteiger partial charge in [-0.3, -0.25) is 0 Å². The summed E-state index contributed by atoms with van der Waals surface area (Å²) in [6.07, 6.45) is 2.44. The highest BCUT2D eigenvalue weighted by molar-refractivity contribution is 7.73. The molecule has 0 saturated heterocycles. The minimum atomic E-state index is -1.88. The van der Waals surface area contributed by atoms with Gasteiger partial charge in [-0.25, -0.2) is 15.8 Å². The van der Waals surface area contributed by atoms with Crippen molar-refractivity contribution >= 4 is 28.0 Å². The molecule has 0 saturated carbocycles. The van der Waals surface area contributed by atoms with Crippen molar-refractivity contribution in [2.45, 2.75) is 18.2 Å². The molecule has 0 fully saturated rings. The van der Waals surface area contributed by atoms with Gasteiger partial charge in [-0.15, -0.1) is 0 Å². The number of hydrogen-bond donors (Lipinski definition) is 3. The van der Waals surface area contributed by atoms with Gasteiger partial charge in [0.1, 0.15) is 11.6 Å². The summed E-state index contributed by atoms with van der Waals surface area (Å²) in [5, 5.41) is 4.74. The fourth-order valence-corrected chi connectivity index (χ4v) is 4.45. The predicted molar refractivity (Wildman–Crippen MR) is 145 cm³/mol. The molecule has 0 unspecified atom stereocenters. The summed E-state index contributed by atoms with van der Waals surface area (Å²) in [7, 11) is -1.88. The lowest BCUT2D eigenvalue weighted by Crippen LogP contribution is -2.27. The summed E-state index contributed by atoms with van der Waals surface area (Å²) >= 11 is 0. The molecule has 5 rings (SSSR count). The largest absolute Gasteiger partial charge is 0.494 e. The smallest absolute Gasteiger partial charge is 0.246 e. The van der Waals surface area contributed by atoms with E-state index in [0.29, 0.717) is 29.6 Å². The Bertz CT molecular complexity index is 1500. The first kappa shape index (κ1) is 25.3. The molecule has 4 N–H and O–H groups in total. The highest BCUT2D eigenvalue weighted by atomic mass is 32.2. The van der Waals surface area contributed by atoms with Gasteiger partial charge in [0.25, 0.3) is 0 Å². The number of hydrazine groups is 1. The maximum atomic E-state index is 11.6. The Balaban J connectivity index is 1.42. The standard InChI is InChI=1S/C27H27N6O4S/c1-2-35-21-9-7-19(8-10-21)23-16-31-27(33(28)20-4-3-5-22(15-20)38(29)34)32-26(23)30-13-12-18-6-11-24-25(14-18)37-17-36-24/h3-11,14-16,29H,2,12-13,17,28H2,1H3,(H,30,31,32)/q-1. The number of nitrogens with one attached hydrogen (secondary N) is 2. The normalized spacial score (nSPS) is 12.0. The second-order valence-electron chi connectivity index (χ2n) is 8.39. The Morgan fingerprint density at radius 1 is 1.11 bits per heavy atom. The van der Waals surface area contributed by atoms with Crippen LogP contribution in [-0.2, 0) is 21.2 Å². The average Bonchev–Trinajstić information content (AvgIpc) is 3.41. The topological polar surface area (TPSA) is 136 Å². The summed E-state index contributed by atoms with van der Waals surface area (Å²) in [6, 6.07) is 20.3. The molecule has 0 bridgehead atoms. The van der Waals surface area contributed by atoms with Crippen molar-refractivity contribution in [3.8, 4) is 28.4 Å². The molecule has 3 aromatic carbocycles. The highest BCUT2D eigenvalue weighted by Crippen LogP contribution is 2.33. The van der Waals surface area contributed by atoms with E-state index in [1.807, 2.05) is 49.4 Å². The molecule has 11 heteroatoms. The summed E-state index contributed by atoms with van der Waals surface area (Å²) in [6.45, 7) is 3.37. The highest BCUT2D eigenvalue weighted by Gasteiger charge is 2.16. The van der Waals surface area contributed by atoms with E-state index in [2.05, 4.69) is 10.3 Å². The average molecular weight is 532 g/mol. The van der Waals surface area contributed by atoms with Crippen LogP contribution in [0.15, 0.2) is 77.8 Å². The third kappa shape index (κ3) is 5.63. The van der Waals surface area contributed by atoms with Gasteiger partial charge in [0.15, 0.2) is 11.5 Å². The predicted octanol–water partition coefficient (Wildman–Crippen LogP) is 5.02. The summed E-state index contributed by atoms with van der Waals surface area (Å²) in [5.41, 5.74) is 3.33. The van der Waals surface area contributed by atoms with Crippen molar-refractivity contribution < 1.29 is 18.4 Å². The van der Waals surface area contributed by atoms with Crippen LogP contribution in [-0.4, -0.2) is 29.9 Å². The molecule has 1 aliphatic rings. The molecule has 2 heterocycles. The maximum Gasteiger partial charge on any atom is 0.246 e. The number of nitrogens with two attached hydrogens (primary N) is 1. The first-order valence-corrected chi connectivity index (χ1v) is 13.2. The fraction of sp³-hybridized carbons (Fsp3) is 0.185. The Hall–Kier alpha value is -4.35. The summed E-state index contributed by atoms with van der Waals surface area (Å²) in [4.78, 5) is 9.56. The van der Waals surface area contributed by atoms with Gasteiger partial charge >= 0.3 is 0 Å². The number of benzene rings is 3. The zero-order valence-electron chi connectivity index (χ0n) is 20.7. The molecule has 1 aromatic heterocycles. The first-order valence-electron chi connectivity index (χ1n) is 12.0. The van der Waals surface area contributed by atoms with E-state index in [1.54, 1.807) is 30.5 Å². The van der Waals surface area contributed by atoms with Gasteiger partial charge in [0.2, 0.25) is 12.7 Å². The lowest BCUT2D eigenvalue weighted by atomic mass is 10.1. The molecule has 0 spiro atoms. The molecule has 1 aliphatic heterocycles. The van der Waals surface area contributed by atoms with E-state index in [0.717, 1.165) is 40.4 Å². The van der Waals surface area contributed by atoms with Crippen LogP contribution in [0, 0.1) is 4.78 Å². The van der Waals surface area contributed by atoms with Crippen LogP contribution in [0.2, 0.25) is 0 Å². The molecule has 38 heavy (non-hydrogen) atoms. The van der Waals surface area contributed by atoms with E-state index in [4.69, 9.17) is 29.8 Å². The van der Waals surface area contributed by atoms with Crippen LogP contribution in [0.1, 0.15) is 12.5 Å². The zero-order valence-corrected chi connectivity index (χ0v) is 21.5. The van der Waals surface area contributed by atoms with Crippen molar-refractivity contribution in [3.63, 3.8) is 0 Å². The molecular formula is C27H27N6O4S-. The monoisotopic (exact) mass is 531 g/mol. The number of rotatable bonds is 10. The van der Waals surface area contributed by atoms with Crippen LogP contribution in [0.4, 0.5) is 17.5 Å². The van der Waals surface area contributed by atoms with Gasteiger partial charge in [0.05, 0.1) is 12.3 Å². The molecule has 10 nitrogen and oxygen atoms in total.